The van der Waals surface area contributed by atoms with Crippen molar-refractivity contribution in [1.82, 2.24) is 0 Å². The van der Waals surface area contributed by atoms with Crippen molar-refractivity contribution >= 4 is 18.3 Å². The van der Waals surface area contributed by atoms with E-state index >= 15 is 0 Å². The smallest absolute Gasteiger partial charge is 0.488 e. The number of nitro groups is 1. The first kappa shape index (κ1) is 10.5. The summed E-state index contributed by atoms with van der Waals surface area (Å²) in [5.74, 6) is 0.000556. The first-order valence-corrected chi connectivity index (χ1v) is 3.74. The van der Waals surface area contributed by atoms with Gasteiger partial charge in [-0.2, -0.15) is 0 Å². The van der Waals surface area contributed by atoms with Crippen LogP contribution in [0, 0.1) is 10.1 Å². The highest BCUT2D eigenvalue weighted by atomic mass is 16.6. The monoisotopic (exact) mass is 197 g/mol. The van der Waals surface area contributed by atoms with Crippen molar-refractivity contribution in [2.45, 2.75) is 0 Å². The molecule has 0 aromatic heterocycles. The van der Waals surface area contributed by atoms with E-state index in [0.717, 1.165) is 6.07 Å². The summed E-state index contributed by atoms with van der Waals surface area (Å²) in [6.45, 7) is 0. The SMILES string of the molecule is COc1cc(B(O)O)ccc1[N+](=O)[O-]. The van der Waals surface area contributed by atoms with Crippen LogP contribution in [-0.4, -0.2) is 29.2 Å². The molecule has 74 valence electrons. The van der Waals surface area contributed by atoms with Gasteiger partial charge in [0.15, 0.2) is 5.75 Å². The zero-order chi connectivity index (χ0) is 10.7. The predicted octanol–water partition coefficient (Wildman–Crippen LogP) is -0.717. The lowest BCUT2D eigenvalue weighted by molar-refractivity contribution is -0.385. The highest BCUT2D eigenvalue weighted by Crippen LogP contribution is 2.24. The van der Waals surface area contributed by atoms with Gasteiger partial charge in [0, 0.05) is 6.07 Å². The summed E-state index contributed by atoms with van der Waals surface area (Å²) in [7, 11) is -0.389. The van der Waals surface area contributed by atoms with Gasteiger partial charge in [0.25, 0.3) is 0 Å². The Morgan fingerprint density at radius 2 is 2.14 bits per heavy atom. The fraction of sp³-hybridized carbons (Fsp3) is 0.143. The molecule has 0 heterocycles. The lowest BCUT2D eigenvalue weighted by Crippen LogP contribution is -2.29. The topological polar surface area (TPSA) is 92.8 Å². The largest absolute Gasteiger partial charge is 0.490 e. The molecule has 0 unspecified atom stereocenters. The summed E-state index contributed by atoms with van der Waals surface area (Å²) < 4.78 is 4.73. The Kier molecular flexibility index (Phi) is 3.05. The van der Waals surface area contributed by atoms with E-state index in [0.29, 0.717) is 0 Å². The molecule has 0 bridgehead atoms. The van der Waals surface area contributed by atoms with Crippen LogP contribution in [-0.2, 0) is 0 Å². The minimum Gasteiger partial charge on any atom is -0.490 e. The molecule has 1 aromatic rings. The van der Waals surface area contributed by atoms with E-state index in [1.807, 2.05) is 0 Å². The number of methoxy groups -OCH3 is 1. The lowest BCUT2D eigenvalue weighted by Gasteiger charge is -2.03. The average molecular weight is 197 g/mol. The molecule has 2 N–H and O–H groups in total. The molecule has 0 aliphatic carbocycles. The molecule has 0 radical (unpaired) electrons. The Morgan fingerprint density at radius 1 is 1.50 bits per heavy atom. The molecule has 0 aliphatic heterocycles. The quantitative estimate of drug-likeness (QED) is 0.379. The van der Waals surface area contributed by atoms with Crippen molar-refractivity contribution in [3.63, 3.8) is 0 Å². The molecule has 0 atom stereocenters. The molecule has 0 aliphatic rings. The van der Waals surface area contributed by atoms with E-state index in [9.17, 15) is 10.1 Å². The Labute approximate surface area is 80.0 Å². The van der Waals surface area contributed by atoms with Crippen LogP contribution in [0.15, 0.2) is 18.2 Å². The fourth-order valence-corrected chi connectivity index (χ4v) is 1.01. The number of ether oxygens (including phenoxy) is 1. The third kappa shape index (κ3) is 2.01. The second-order valence-corrected chi connectivity index (χ2v) is 2.56. The van der Waals surface area contributed by atoms with E-state index < -0.39 is 12.0 Å². The van der Waals surface area contributed by atoms with Gasteiger partial charge in [0.1, 0.15) is 0 Å². The summed E-state index contributed by atoms with van der Waals surface area (Å²) in [5.41, 5.74) is -0.0654. The van der Waals surface area contributed by atoms with E-state index in [-0.39, 0.29) is 16.9 Å². The number of nitro benzene ring substituents is 1. The van der Waals surface area contributed by atoms with Gasteiger partial charge in [0.05, 0.1) is 12.0 Å². The zero-order valence-corrected chi connectivity index (χ0v) is 7.38. The molecule has 14 heavy (non-hydrogen) atoms. The van der Waals surface area contributed by atoms with Crippen molar-refractivity contribution in [2.75, 3.05) is 7.11 Å². The molecule has 1 rings (SSSR count). The maximum absolute atomic E-state index is 10.5. The second kappa shape index (κ2) is 4.08. The third-order valence-corrected chi connectivity index (χ3v) is 1.70. The fourth-order valence-electron chi connectivity index (χ4n) is 1.01. The Bertz CT molecular complexity index is 354. The highest BCUT2D eigenvalue weighted by molar-refractivity contribution is 6.58. The van der Waals surface area contributed by atoms with E-state index in [1.165, 1.54) is 19.2 Å². The maximum atomic E-state index is 10.5. The highest BCUT2D eigenvalue weighted by Gasteiger charge is 2.19. The van der Waals surface area contributed by atoms with Crippen LogP contribution >= 0.6 is 0 Å². The molecule has 0 fully saturated rings. The molecule has 0 saturated carbocycles. The Hall–Kier alpha value is -1.60. The van der Waals surface area contributed by atoms with Crippen LogP contribution in [0.1, 0.15) is 0 Å². The second-order valence-electron chi connectivity index (χ2n) is 2.56. The van der Waals surface area contributed by atoms with E-state index in [1.54, 1.807) is 0 Å². The zero-order valence-electron chi connectivity index (χ0n) is 7.38. The number of hydrogen-bond donors (Lipinski definition) is 2. The van der Waals surface area contributed by atoms with Gasteiger partial charge in [-0.05, 0) is 11.5 Å². The Morgan fingerprint density at radius 3 is 2.57 bits per heavy atom. The molecule has 0 spiro atoms. The first-order chi connectivity index (χ1) is 6.56. The molecule has 1 aromatic carbocycles. The molecule has 6 nitrogen and oxygen atoms in total. The van der Waals surface area contributed by atoms with Crippen molar-refractivity contribution in [3.05, 3.63) is 28.3 Å². The van der Waals surface area contributed by atoms with Gasteiger partial charge in [-0.3, -0.25) is 10.1 Å². The summed E-state index contributed by atoms with van der Waals surface area (Å²) >= 11 is 0. The first-order valence-electron chi connectivity index (χ1n) is 3.74. The van der Waals surface area contributed by atoms with Gasteiger partial charge in [-0.25, -0.2) is 0 Å². The molecular formula is C7H8BNO5. The van der Waals surface area contributed by atoms with Crippen molar-refractivity contribution in [2.24, 2.45) is 0 Å². The van der Waals surface area contributed by atoms with Crippen LogP contribution in [0.5, 0.6) is 5.75 Å². The van der Waals surface area contributed by atoms with Crippen LogP contribution in [0.4, 0.5) is 5.69 Å². The number of benzene rings is 1. The number of hydrogen-bond acceptors (Lipinski definition) is 5. The summed E-state index contributed by atoms with van der Waals surface area (Å²) in [6, 6.07) is 3.63. The van der Waals surface area contributed by atoms with Gasteiger partial charge in [0.2, 0.25) is 0 Å². The Balaban J connectivity index is 3.18. The van der Waals surface area contributed by atoms with Crippen LogP contribution in [0.25, 0.3) is 0 Å². The summed E-state index contributed by atoms with van der Waals surface area (Å²) in [4.78, 5) is 9.86. The molecule has 0 amide bonds. The number of rotatable bonds is 3. The summed E-state index contributed by atoms with van der Waals surface area (Å²) in [6.07, 6.45) is 0. The average Bonchev–Trinajstić information content (AvgIpc) is 2.16. The standard InChI is InChI=1S/C7H8BNO5/c1-14-7-4-5(8(10)11)2-3-6(7)9(12)13/h2-4,10-11H,1H3. The third-order valence-electron chi connectivity index (χ3n) is 1.70. The lowest BCUT2D eigenvalue weighted by atomic mass is 9.80. The van der Waals surface area contributed by atoms with Gasteiger partial charge >= 0.3 is 12.8 Å². The van der Waals surface area contributed by atoms with Crippen molar-refractivity contribution in [1.29, 1.82) is 0 Å². The van der Waals surface area contributed by atoms with Gasteiger partial charge < -0.3 is 14.8 Å². The minimum atomic E-state index is -1.66. The summed E-state index contributed by atoms with van der Waals surface area (Å²) in [5, 5.41) is 28.1. The number of nitrogens with zero attached hydrogens (tertiary/aromatic N) is 1. The maximum Gasteiger partial charge on any atom is 0.488 e. The van der Waals surface area contributed by atoms with E-state index in [4.69, 9.17) is 14.8 Å². The van der Waals surface area contributed by atoms with Crippen LogP contribution in [0.2, 0.25) is 0 Å². The predicted molar refractivity (Wildman–Crippen MR) is 49.5 cm³/mol. The van der Waals surface area contributed by atoms with Crippen LogP contribution in [0.3, 0.4) is 0 Å². The van der Waals surface area contributed by atoms with Crippen molar-refractivity contribution < 1.29 is 19.7 Å². The van der Waals surface area contributed by atoms with Gasteiger partial charge in [-0.15, -0.1) is 0 Å². The van der Waals surface area contributed by atoms with Gasteiger partial charge in [-0.1, -0.05) is 6.07 Å². The molecule has 0 saturated heterocycles. The molecule has 7 heteroatoms. The normalized spacial score (nSPS) is 9.64. The minimum absolute atomic E-state index is 0.000556. The molecular weight excluding hydrogens is 189 g/mol. The van der Waals surface area contributed by atoms with E-state index in [2.05, 4.69) is 0 Å². The van der Waals surface area contributed by atoms with Crippen LogP contribution < -0.4 is 10.2 Å². The van der Waals surface area contributed by atoms with Crippen molar-refractivity contribution in [3.8, 4) is 5.75 Å².